The molecule has 0 N–H and O–H groups in total. The lowest BCUT2D eigenvalue weighted by Crippen LogP contribution is -2.35. The zero-order valence-electron chi connectivity index (χ0n) is 9.47. The molecule has 17 heavy (non-hydrogen) atoms. The molecule has 6 heteroatoms. The van der Waals surface area contributed by atoms with E-state index in [1.54, 1.807) is 12.4 Å². The van der Waals surface area contributed by atoms with Crippen LogP contribution in [0.3, 0.4) is 0 Å². The van der Waals surface area contributed by atoms with Crippen molar-refractivity contribution in [1.82, 2.24) is 9.88 Å². The summed E-state index contributed by atoms with van der Waals surface area (Å²) < 4.78 is 36.9. The highest BCUT2D eigenvalue weighted by Crippen LogP contribution is 2.18. The standard InChI is InChI=1S/C11H14ClF3N2/c1-9-4-10(6-16-5-9)7-17(3-2-12)8-11(13,14)15/h4-6H,2-3,7-8H2,1H3. The first-order valence-corrected chi connectivity index (χ1v) is 5.70. The maximum absolute atomic E-state index is 12.3. The van der Waals surface area contributed by atoms with Gasteiger partial charge in [0.15, 0.2) is 0 Å². The van der Waals surface area contributed by atoms with E-state index >= 15 is 0 Å². The second-order valence-electron chi connectivity index (χ2n) is 3.89. The molecular formula is C11H14ClF3N2. The van der Waals surface area contributed by atoms with E-state index in [1.165, 1.54) is 4.90 Å². The molecule has 0 spiro atoms. The Morgan fingerprint density at radius 2 is 2.06 bits per heavy atom. The zero-order valence-corrected chi connectivity index (χ0v) is 10.2. The molecule has 2 nitrogen and oxygen atoms in total. The van der Waals surface area contributed by atoms with E-state index in [2.05, 4.69) is 4.98 Å². The van der Waals surface area contributed by atoms with Crippen LogP contribution in [-0.2, 0) is 6.54 Å². The Kier molecular flexibility index (Phi) is 5.21. The van der Waals surface area contributed by atoms with Crippen LogP contribution in [0.15, 0.2) is 18.5 Å². The molecule has 0 saturated carbocycles. The molecular weight excluding hydrogens is 253 g/mol. The molecule has 0 aliphatic heterocycles. The van der Waals surface area contributed by atoms with E-state index in [9.17, 15) is 13.2 Å². The Hall–Kier alpha value is -0.810. The molecule has 0 saturated heterocycles. The summed E-state index contributed by atoms with van der Waals surface area (Å²) >= 11 is 5.50. The zero-order chi connectivity index (χ0) is 12.9. The van der Waals surface area contributed by atoms with Crippen LogP contribution < -0.4 is 0 Å². The van der Waals surface area contributed by atoms with Gasteiger partial charge in [0.1, 0.15) is 0 Å². The van der Waals surface area contributed by atoms with Crippen LogP contribution in [0.4, 0.5) is 13.2 Å². The van der Waals surface area contributed by atoms with Crippen LogP contribution in [0.2, 0.25) is 0 Å². The highest BCUT2D eigenvalue weighted by molar-refractivity contribution is 6.18. The number of aromatic nitrogens is 1. The van der Waals surface area contributed by atoms with Crippen molar-refractivity contribution in [1.29, 1.82) is 0 Å². The van der Waals surface area contributed by atoms with E-state index in [4.69, 9.17) is 11.6 Å². The van der Waals surface area contributed by atoms with Gasteiger partial charge in [-0.1, -0.05) is 6.07 Å². The van der Waals surface area contributed by atoms with E-state index in [1.807, 2.05) is 13.0 Å². The highest BCUT2D eigenvalue weighted by Gasteiger charge is 2.30. The van der Waals surface area contributed by atoms with Crippen molar-refractivity contribution in [2.45, 2.75) is 19.6 Å². The van der Waals surface area contributed by atoms with Crippen molar-refractivity contribution in [3.8, 4) is 0 Å². The molecule has 0 atom stereocenters. The monoisotopic (exact) mass is 266 g/mol. The molecule has 96 valence electrons. The summed E-state index contributed by atoms with van der Waals surface area (Å²) in [5.74, 6) is 0.176. The van der Waals surface area contributed by atoms with Gasteiger partial charge in [-0.15, -0.1) is 11.6 Å². The number of halogens is 4. The van der Waals surface area contributed by atoms with Gasteiger partial charge in [-0.2, -0.15) is 13.2 Å². The van der Waals surface area contributed by atoms with Crippen molar-refractivity contribution in [2.24, 2.45) is 0 Å². The van der Waals surface area contributed by atoms with Gasteiger partial charge in [0, 0.05) is 31.4 Å². The fourth-order valence-corrected chi connectivity index (χ4v) is 1.79. The molecule has 0 aliphatic rings. The normalized spacial score (nSPS) is 12.1. The minimum atomic E-state index is -4.21. The average Bonchev–Trinajstić information content (AvgIpc) is 2.15. The number of nitrogens with zero attached hydrogens (tertiary/aromatic N) is 2. The van der Waals surface area contributed by atoms with Crippen LogP contribution in [0.25, 0.3) is 0 Å². The van der Waals surface area contributed by atoms with E-state index in [0.717, 1.165) is 11.1 Å². The summed E-state index contributed by atoms with van der Waals surface area (Å²) in [7, 11) is 0. The molecule has 0 bridgehead atoms. The third-order valence-electron chi connectivity index (χ3n) is 2.14. The quantitative estimate of drug-likeness (QED) is 0.762. The van der Waals surface area contributed by atoms with Crippen molar-refractivity contribution >= 4 is 11.6 Å². The van der Waals surface area contributed by atoms with Crippen LogP contribution in [0.5, 0.6) is 0 Å². The SMILES string of the molecule is Cc1cncc(CN(CCCl)CC(F)(F)F)c1. The van der Waals surface area contributed by atoms with Gasteiger partial charge in [0.2, 0.25) is 0 Å². The number of pyridine rings is 1. The third-order valence-corrected chi connectivity index (χ3v) is 2.31. The first kappa shape index (κ1) is 14.3. The van der Waals surface area contributed by atoms with Crippen molar-refractivity contribution in [2.75, 3.05) is 19.0 Å². The molecule has 0 unspecified atom stereocenters. The summed E-state index contributed by atoms with van der Waals surface area (Å²) in [4.78, 5) is 5.22. The molecule has 0 aliphatic carbocycles. The number of hydrogen-bond donors (Lipinski definition) is 0. The lowest BCUT2D eigenvalue weighted by molar-refractivity contribution is -0.146. The van der Waals surface area contributed by atoms with Gasteiger partial charge in [0.25, 0.3) is 0 Å². The molecule has 1 heterocycles. The van der Waals surface area contributed by atoms with Crippen molar-refractivity contribution in [3.63, 3.8) is 0 Å². The Labute approximate surface area is 103 Å². The third kappa shape index (κ3) is 5.89. The summed E-state index contributed by atoms with van der Waals surface area (Å²) in [6.45, 7) is 1.32. The van der Waals surface area contributed by atoms with Crippen LogP contribution in [-0.4, -0.2) is 35.0 Å². The Bertz CT molecular complexity index is 355. The smallest absolute Gasteiger partial charge is 0.289 e. The lowest BCUT2D eigenvalue weighted by Gasteiger charge is -2.22. The number of aryl methyl sites for hydroxylation is 1. The van der Waals surface area contributed by atoms with Crippen LogP contribution in [0.1, 0.15) is 11.1 Å². The van der Waals surface area contributed by atoms with Gasteiger partial charge in [-0.3, -0.25) is 9.88 Å². The lowest BCUT2D eigenvalue weighted by atomic mass is 10.2. The molecule has 0 fully saturated rings. The highest BCUT2D eigenvalue weighted by atomic mass is 35.5. The molecule has 1 aromatic heterocycles. The number of rotatable bonds is 5. The molecule has 1 aromatic rings. The second kappa shape index (κ2) is 6.21. The van der Waals surface area contributed by atoms with E-state index < -0.39 is 12.7 Å². The first-order chi connectivity index (χ1) is 7.90. The number of hydrogen-bond acceptors (Lipinski definition) is 2. The Morgan fingerprint density at radius 3 is 2.59 bits per heavy atom. The molecule has 0 aromatic carbocycles. The minimum absolute atomic E-state index is 0.176. The van der Waals surface area contributed by atoms with Gasteiger partial charge >= 0.3 is 6.18 Å². The summed E-state index contributed by atoms with van der Waals surface area (Å²) in [5.41, 5.74) is 1.69. The summed E-state index contributed by atoms with van der Waals surface area (Å²) in [6.07, 6.45) is -0.965. The van der Waals surface area contributed by atoms with Gasteiger partial charge in [0.05, 0.1) is 6.54 Å². The number of alkyl halides is 4. The topological polar surface area (TPSA) is 16.1 Å². The largest absolute Gasteiger partial charge is 0.401 e. The minimum Gasteiger partial charge on any atom is -0.289 e. The molecule has 1 rings (SSSR count). The van der Waals surface area contributed by atoms with Crippen LogP contribution in [0, 0.1) is 6.92 Å². The van der Waals surface area contributed by atoms with E-state index in [0.29, 0.717) is 0 Å². The molecule has 0 radical (unpaired) electrons. The first-order valence-electron chi connectivity index (χ1n) is 5.16. The fourth-order valence-electron chi connectivity index (χ4n) is 1.55. The van der Waals surface area contributed by atoms with E-state index in [-0.39, 0.29) is 19.0 Å². The van der Waals surface area contributed by atoms with Crippen molar-refractivity contribution in [3.05, 3.63) is 29.6 Å². The maximum Gasteiger partial charge on any atom is 0.401 e. The fraction of sp³-hybridized carbons (Fsp3) is 0.545. The van der Waals surface area contributed by atoms with Crippen molar-refractivity contribution < 1.29 is 13.2 Å². The van der Waals surface area contributed by atoms with Crippen LogP contribution >= 0.6 is 11.6 Å². The maximum atomic E-state index is 12.3. The van der Waals surface area contributed by atoms with Gasteiger partial charge in [-0.25, -0.2) is 0 Å². The summed E-state index contributed by atoms with van der Waals surface area (Å²) in [6, 6.07) is 1.82. The predicted molar refractivity (Wildman–Crippen MR) is 61.0 cm³/mol. The Morgan fingerprint density at radius 1 is 1.35 bits per heavy atom. The Balaban J connectivity index is 2.66. The van der Waals surface area contributed by atoms with Gasteiger partial charge < -0.3 is 0 Å². The predicted octanol–water partition coefficient (Wildman–Crippen LogP) is 2.99. The second-order valence-corrected chi connectivity index (χ2v) is 4.26. The average molecular weight is 267 g/mol. The summed E-state index contributed by atoms with van der Waals surface area (Å²) in [5, 5.41) is 0. The van der Waals surface area contributed by atoms with Gasteiger partial charge in [-0.05, 0) is 18.1 Å². The molecule has 0 amide bonds.